The maximum absolute atomic E-state index is 14.5. The van der Waals surface area contributed by atoms with Crippen LogP contribution >= 0.6 is 11.6 Å². The smallest absolute Gasteiger partial charge is 0.275 e. The number of methoxy groups -OCH3 is 1. The molecular formula is C29H24ClFN6O4. The molecule has 0 fully saturated rings. The Hall–Kier alpha value is -4.95. The van der Waals surface area contributed by atoms with Crippen molar-refractivity contribution in [2.45, 2.75) is 26.0 Å². The first kappa shape index (κ1) is 27.6. The highest BCUT2D eigenvalue weighted by molar-refractivity contribution is 6.30. The van der Waals surface area contributed by atoms with Crippen molar-refractivity contribution in [1.29, 1.82) is 5.26 Å². The molecular weight excluding hydrogens is 551 g/mol. The molecule has 10 nitrogen and oxygen atoms in total. The van der Waals surface area contributed by atoms with Gasteiger partial charge in [-0.25, -0.2) is 9.07 Å². The van der Waals surface area contributed by atoms with Gasteiger partial charge in [0.05, 0.1) is 30.1 Å². The number of aromatic nitrogens is 3. The molecule has 1 aliphatic heterocycles. The number of hydrogen-bond acceptors (Lipinski definition) is 7. The number of amides is 2. The minimum absolute atomic E-state index is 0.0332. The number of carbonyl (C=O) groups is 2. The number of ether oxygens (including phenoxy) is 2. The molecule has 5 rings (SSSR count). The molecule has 2 aromatic heterocycles. The lowest BCUT2D eigenvalue weighted by atomic mass is 9.95. The Bertz CT molecular complexity index is 1760. The maximum atomic E-state index is 14.5. The topological polar surface area (TPSA) is 136 Å². The van der Waals surface area contributed by atoms with Gasteiger partial charge in [-0.1, -0.05) is 11.6 Å². The van der Waals surface area contributed by atoms with E-state index in [0.717, 1.165) is 6.07 Å². The van der Waals surface area contributed by atoms with E-state index in [1.165, 1.54) is 42.1 Å². The summed E-state index contributed by atoms with van der Waals surface area (Å²) in [5.41, 5.74) is 7.35. The molecule has 3 heterocycles. The van der Waals surface area contributed by atoms with E-state index in [0.29, 0.717) is 39.4 Å². The second-order valence-corrected chi connectivity index (χ2v) is 10.4. The lowest BCUT2D eigenvalue weighted by Gasteiger charge is -2.29. The maximum Gasteiger partial charge on any atom is 0.275 e. The van der Waals surface area contributed by atoms with Gasteiger partial charge in [0.1, 0.15) is 29.5 Å². The highest BCUT2D eigenvalue weighted by Crippen LogP contribution is 2.46. The average Bonchev–Trinajstić information content (AvgIpc) is 3.35. The predicted octanol–water partition coefficient (Wildman–Crippen LogP) is 4.77. The molecule has 208 valence electrons. The number of hydrogen-bond donors (Lipinski definition) is 1. The fourth-order valence-electron chi connectivity index (χ4n) is 4.50. The van der Waals surface area contributed by atoms with Crippen molar-refractivity contribution in [3.8, 4) is 45.6 Å². The summed E-state index contributed by atoms with van der Waals surface area (Å²) in [6, 6.07) is 11.1. The lowest BCUT2D eigenvalue weighted by Crippen LogP contribution is -2.44. The van der Waals surface area contributed by atoms with Gasteiger partial charge in [0.2, 0.25) is 5.91 Å². The van der Waals surface area contributed by atoms with Crippen LogP contribution in [0, 0.1) is 17.1 Å². The van der Waals surface area contributed by atoms with Crippen LogP contribution in [-0.4, -0.2) is 51.2 Å². The van der Waals surface area contributed by atoms with Gasteiger partial charge in [0.15, 0.2) is 5.69 Å². The molecule has 0 aliphatic carbocycles. The first-order valence-corrected chi connectivity index (χ1v) is 12.7. The molecule has 4 aromatic rings. The zero-order chi connectivity index (χ0) is 29.6. The second kappa shape index (κ2) is 10.2. The number of nitrogens with zero attached hydrogens (tertiary/aromatic N) is 5. The Morgan fingerprint density at radius 1 is 1.20 bits per heavy atom. The molecule has 0 unspecified atom stereocenters. The van der Waals surface area contributed by atoms with Crippen molar-refractivity contribution < 1.29 is 23.5 Å². The Balaban J connectivity index is 1.79. The van der Waals surface area contributed by atoms with Crippen LogP contribution in [-0.2, 0) is 6.61 Å². The Morgan fingerprint density at radius 2 is 1.95 bits per heavy atom. The summed E-state index contributed by atoms with van der Waals surface area (Å²) >= 11 is 6.19. The molecule has 2 N–H and O–H groups in total. The second-order valence-electron chi connectivity index (χ2n) is 9.91. The average molecular weight is 575 g/mol. The van der Waals surface area contributed by atoms with Crippen LogP contribution in [0.4, 0.5) is 4.39 Å². The fourth-order valence-corrected chi connectivity index (χ4v) is 4.72. The van der Waals surface area contributed by atoms with Gasteiger partial charge in [0, 0.05) is 52.8 Å². The van der Waals surface area contributed by atoms with E-state index >= 15 is 0 Å². The number of fused-ring (bicyclic) bond motifs is 3. The number of benzene rings is 2. The van der Waals surface area contributed by atoms with E-state index in [9.17, 15) is 19.2 Å². The molecule has 12 heteroatoms. The Morgan fingerprint density at radius 3 is 2.61 bits per heavy atom. The largest absolute Gasteiger partial charge is 0.496 e. The summed E-state index contributed by atoms with van der Waals surface area (Å²) < 4.78 is 27.6. The number of primary amides is 1. The van der Waals surface area contributed by atoms with Crippen molar-refractivity contribution in [3.05, 3.63) is 76.5 Å². The van der Waals surface area contributed by atoms with Crippen LogP contribution in [0.25, 0.3) is 28.1 Å². The third-order valence-electron chi connectivity index (χ3n) is 6.96. The standard InChI is InChI=1S/C29H24ClFN6O4/c1-29(2,14-32)36(3)28(39)25-22-13-41-24-10-23(40-4)20(15-5-16(27(33)38)12-34-11-15)9-21(24)26(22)37(35-25)19-7-17(30)6-18(31)8-19/h5-12H,13H2,1-4H3,(H2,33,38). The van der Waals surface area contributed by atoms with E-state index in [1.54, 1.807) is 38.2 Å². The highest BCUT2D eigenvalue weighted by Gasteiger charge is 2.36. The van der Waals surface area contributed by atoms with Gasteiger partial charge >= 0.3 is 0 Å². The fraction of sp³-hybridized carbons (Fsp3) is 0.207. The highest BCUT2D eigenvalue weighted by atomic mass is 35.5. The van der Waals surface area contributed by atoms with E-state index in [2.05, 4.69) is 16.2 Å². The molecule has 2 aromatic carbocycles. The summed E-state index contributed by atoms with van der Waals surface area (Å²) in [6.07, 6.45) is 2.91. The molecule has 2 amide bonds. The van der Waals surface area contributed by atoms with Crippen molar-refractivity contribution in [2.75, 3.05) is 14.2 Å². The minimum atomic E-state index is -1.14. The van der Waals surface area contributed by atoms with Crippen LogP contribution in [0.2, 0.25) is 5.02 Å². The lowest BCUT2D eigenvalue weighted by molar-refractivity contribution is 0.0688. The zero-order valence-electron chi connectivity index (χ0n) is 22.5. The number of pyridine rings is 1. The quantitative estimate of drug-likeness (QED) is 0.350. The van der Waals surface area contributed by atoms with Gasteiger partial charge in [-0.05, 0) is 44.2 Å². The first-order valence-electron chi connectivity index (χ1n) is 12.3. The SMILES string of the molecule is COc1cc2c(cc1-c1cncc(C(N)=O)c1)-c1c(c(C(=O)N(C)C(C)(C)C#N)nn1-c1cc(F)cc(Cl)c1)CO2. The van der Waals surface area contributed by atoms with Gasteiger partial charge in [-0.2, -0.15) is 10.4 Å². The molecule has 0 atom stereocenters. The van der Waals surface area contributed by atoms with Gasteiger partial charge in [-0.3, -0.25) is 14.6 Å². The number of nitriles is 1. The normalized spacial score (nSPS) is 12.0. The third kappa shape index (κ3) is 4.83. The molecule has 1 aliphatic rings. The molecule has 0 radical (unpaired) electrons. The van der Waals surface area contributed by atoms with Crippen molar-refractivity contribution in [1.82, 2.24) is 19.7 Å². The van der Waals surface area contributed by atoms with Crippen molar-refractivity contribution >= 4 is 23.4 Å². The number of nitrogens with two attached hydrogens (primary N) is 1. The van der Waals surface area contributed by atoms with Crippen LogP contribution < -0.4 is 15.2 Å². The zero-order valence-corrected chi connectivity index (χ0v) is 23.3. The van der Waals surface area contributed by atoms with Crippen LogP contribution in [0.5, 0.6) is 11.5 Å². The van der Waals surface area contributed by atoms with E-state index in [1.807, 2.05) is 0 Å². The molecule has 0 saturated heterocycles. The van der Waals surface area contributed by atoms with E-state index in [-0.39, 0.29) is 28.6 Å². The van der Waals surface area contributed by atoms with Gasteiger partial charge in [-0.15, -0.1) is 0 Å². The van der Waals surface area contributed by atoms with Crippen LogP contribution in [0.3, 0.4) is 0 Å². The van der Waals surface area contributed by atoms with Gasteiger partial charge in [0.25, 0.3) is 5.91 Å². The Labute approximate surface area is 239 Å². The van der Waals surface area contributed by atoms with Crippen molar-refractivity contribution in [2.24, 2.45) is 5.73 Å². The molecule has 0 spiro atoms. The number of rotatable bonds is 6. The first-order chi connectivity index (χ1) is 19.4. The summed E-state index contributed by atoms with van der Waals surface area (Å²) in [7, 11) is 3.00. The molecule has 0 saturated carbocycles. The summed E-state index contributed by atoms with van der Waals surface area (Å²) in [5.74, 6) is -0.902. The Kier molecular flexibility index (Phi) is 6.88. The third-order valence-corrected chi connectivity index (χ3v) is 7.18. The van der Waals surface area contributed by atoms with Crippen LogP contribution in [0.1, 0.15) is 40.3 Å². The summed E-state index contributed by atoms with van der Waals surface area (Å²) in [6.45, 7) is 3.19. The van der Waals surface area contributed by atoms with E-state index < -0.39 is 23.2 Å². The number of carbonyl (C=O) groups excluding carboxylic acids is 2. The van der Waals surface area contributed by atoms with Gasteiger partial charge < -0.3 is 20.1 Å². The molecule has 0 bridgehead atoms. The van der Waals surface area contributed by atoms with E-state index in [4.69, 9.17) is 26.8 Å². The predicted molar refractivity (Wildman–Crippen MR) is 148 cm³/mol. The van der Waals surface area contributed by atoms with Crippen molar-refractivity contribution in [3.63, 3.8) is 0 Å². The number of halogens is 2. The summed E-state index contributed by atoms with van der Waals surface area (Å²) in [5, 5.41) is 14.4. The minimum Gasteiger partial charge on any atom is -0.496 e. The summed E-state index contributed by atoms with van der Waals surface area (Å²) in [4.78, 5) is 30.9. The van der Waals surface area contributed by atoms with Crippen LogP contribution in [0.15, 0.2) is 48.8 Å². The monoisotopic (exact) mass is 574 g/mol. The molecule has 41 heavy (non-hydrogen) atoms.